The Hall–Kier alpha value is -1.06. The molecule has 1 fully saturated rings. The van der Waals surface area contributed by atoms with Crippen LogP contribution < -0.4 is 10.1 Å². The number of benzene rings is 1. The van der Waals surface area contributed by atoms with Gasteiger partial charge in [0.15, 0.2) is 0 Å². The Labute approximate surface area is 122 Å². The predicted molar refractivity (Wildman–Crippen MR) is 82.4 cm³/mol. The lowest BCUT2D eigenvalue weighted by Crippen LogP contribution is -2.36. The summed E-state index contributed by atoms with van der Waals surface area (Å²) < 4.78 is 11.3. The number of nitrogens with one attached hydrogen (secondary N) is 1. The minimum atomic E-state index is 0.292. The zero-order valence-electron chi connectivity index (χ0n) is 12.9. The third-order valence-corrected chi connectivity index (χ3v) is 3.98. The molecule has 1 aromatic rings. The van der Waals surface area contributed by atoms with E-state index in [1.165, 1.54) is 24.0 Å². The first kappa shape index (κ1) is 15.3. The fourth-order valence-electron chi connectivity index (χ4n) is 2.89. The first-order chi connectivity index (χ1) is 9.76. The number of ether oxygens (including phenoxy) is 2. The maximum atomic E-state index is 5.99. The van der Waals surface area contributed by atoms with Gasteiger partial charge in [0.25, 0.3) is 0 Å². The Morgan fingerprint density at radius 2 is 2.25 bits per heavy atom. The van der Waals surface area contributed by atoms with E-state index in [2.05, 4.69) is 37.4 Å². The van der Waals surface area contributed by atoms with E-state index in [0.29, 0.717) is 12.1 Å². The number of rotatable bonds is 6. The second kappa shape index (κ2) is 7.65. The molecule has 1 heterocycles. The molecule has 1 N–H and O–H groups in total. The lowest BCUT2D eigenvalue weighted by molar-refractivity contribution is -0.00817. The highest BCUT2D eigenvalue weighted by Crippen LogP contribution is 2.29. The van der Waals surface area contributed by atoms with Gasteiger partial charge in [-0.3, -0.25) is 0 Å². The van der Waals surface area contributed by atoms with Crippen LogP contribution in [0, 0.1) is 6.92 Å². The Kier molecular flexibility index (Phi) is 5.86. The summed E-state index contributed by atoms with van der Waals surface area (Å²) in [6.07, 6.45) is 5.04. The van der Waals surface area contributed by atoms with Crippen molar-refractivity contribution in [2.24, 2.45) is 0 Å². The highest BCUT2D eigenvalue weighted by molar-refractivity contribution is 5.37. The van der Waals surface area contributed by atoms with E-state index in [9.17, 15) is 0 Å². The number of hydrogen-bond acceptors (Lipinski definition) is 3. The molecule has 0 aromatic heterocycles. The summed E-state index contributed by atoms with van der Waals surface area (Å²) in [5.41, 5.74) is 2.49. The van der Waals surface area contributed by atoms with Gasteiger partial charge in [-0.15, -0.1) is 0 Å². The predicted octanol–water partition coefficient (Wildman–Crippen LogP) is 3.61. The maximum Gasteiger partial charge on any atom is 0.121 e. The summed E-state index contributed by atoms with van der Waals surface area (Å²) in [6, 6.07) is 6.75. The Bertz CT molecular complexity index is 413. The van der Waals surface area contributed by atoms with Crippen molar-refractivity contribution >= 4 is 0 Å². The largest absolute Gasteiger partial charge is 0.496 e. The highest BCUT2D eigenvalue weighted by Gasteiger charge is 2.25. The Morgan fingerprint density at radius 1 is 1.40 bits per heavy atom. The van der Waals surface area contributed by atoms with Gasteiger partial charge in [0.2, 0.25) is 0 Å². The highest BCUT2D eigenvalue weighted by atomic mass is 16.5. The van der Waals surface area contributed by atoms with Crippen molar-refractivity contribution in [2.45, 2.75) is 51.7 Å². The molecule has 20 heavy (non-hydrogen) atoms. The minimum absolute atomic E-state index is 0.292. The van der Waals surface area contributed by atoms with E-state index in [-0.39, 0.29) is 0 Å². The van der Waals surface area contributed by atoms with Crippen molar-refractivity contribution in [3.05, 3.63) is 29.3 Å². The normalized spacial score (nSPS) is 20.6. The van der Waals surface area contributed by atoms with Crippen LogP contribution in [-0.4, -0.2) is 26.4 Å². The van der Waals surface area contributed by atoms with Gasteiger partial charge in [-0.05, 0) is 56.3 Å². The van der Waals surface area contributed by atoms with Crippen LogP contribution in [0.1, 0.15) is 49.8 Å². The molecule has 3 heteroatoms. The maximum absolute atomic E-state index is 5.99. The van der Waals surface area contributed by atoms with Gasteiger partial charge in [-0.25, -0.2) is 0 Å². The minimum Gasteiger partial charge on any atom is -0.496 e. The van der Waals surface area contributed by atoms with Crippen molar-refractivity contribution in [3.8, 4) is 5.75 Å². The van der Waals surface area contributed by atoms with E-state index < -0.39 is 0 Å². The van der Waals surface area contributed by atoms with Crippen LogP contribution in [0.25, 0.3) is 0 Å². The van der Waals surface area contributed by atoms with E-state index in [0.717, 1.165) is 31.7 Å². The molecule has 2 rings (SSSR count). The molecule has 1 saturated heterocycles. The van der Waals surface area contributed by atoms with Crippen LogP contribution in [0.5, 0.6) is 5.75 Å². The standard InChI is InChI=1S/C17H27NO2/c1-4-10-18-17(16-7-5-6-11-20-16)14-8-9-15(19-3)13(2)12-14/h8-9,12,16-18H,4-7,10-11H2,1-3H3. The van der Waals surface area contributed by atoms with Crippen LogP contribution in [-0.2, 0) is 4.74 Å². The van der Waals surface area contributed by atoms with Crippen molar-refractivity contribution in [1.29, 1.82) is 0 Å². The zero-order chi connectivity index (χ0) is 14.4. The SMILES string of the molecule is CCCNC(c1ccc(OC)c(C)c1)C1CCCCO1. The van der Waals surface area contributed by atoms with Crippen LogP contribution >= 0.6 is 0 Å². The third-order valence-electron chi connectivity index (χ3n) is 3.98. The summed E-state index contributed by atoms with van der Waals surface area (Å²) in [7, 11) is 1.72. The average Bonchev–Trinajstić information content (AvgIpc) is 2.49. The molecule has 0 bridgehead atoms. The Balaban J connectivity index is 2.18. The van der Waals surface area contributed by atoms with Crippen molar-refractivity contribution < 1.29 is 9.47 Å². The molecule has 1 aliphatic rings. The molecule has 0 amide bonds. The third kappa shape index (κ3) is 3.74. The summed E-state index contributed by atoms with van der Waals surface area (Å²) in [6.45, 7) is 6.21. The van der Waals surface area contributed by atoms with E-state index in [1.54, 1.807) is 7.11 Å². The smallest absolute Gasteiger partial charge is 0.121 e. The van der Waals surface area contributed by atoms with Gasteiger partial charge in [0.05, 0.1) is 19.3 Å². The van der Waals surface area contributed by atoms with Crippen LogP contribution in [0.3, 0.4) is 0 Å². The van der Waals surface area contributed by atoms with Crippen molar-refractivity contribution in [2.75, 3.05) is 20.3 Å². The quantitative estimate of drug-likeness (QED) is 0.861. The van der Waals surface area contributed by atoms with Gasteiger partial charge in [0.1, 0.15) is 5.75 Å². The van der Waals surface area contributed by atoms with Crippen LogP contribution in [0.15, 0.2) is 18.2 Å². The molecule has 0 spiro atoms. The summed E-state index contributed by atoms with van der Waals surface area (Å²) in [5, 5.41) is 3.65. The molecule has 0 radical (unpaired) electrons. The molecule has 1 aromatic carbocycles. The molecule has 112 valence electrons. The van der Waals surface area contributed by atoms with Gasteiger partial charge >= 0.3 is 0 Å². The number of methoxy groups -OCH3 is 1. The average molecular weight is 277 g/mol. The van der Waals surface area contributed by atoms with E-state index in [4.69, 9.17) is 9.47 Å². The van der Waals surface area contributed by atoms with Crippen LogP contribution in [0.4, 0.5) is 0 Å². The molecule has 2 atom stereocenters. The lowest BCUT2D eigenvalue weighted by atomic mass is 9.94. The first-order valence-electron chi connectivity index (χ1n) is 7.75. The van der Waals surface area contributed by atoms with Gasteiger partial charge in [0, 0.05) is 6.61 Å². The monoisotopic (exact) mass is 277 g/mol. The molecule has 3 nitrogen and oxygen atoms in total. The second-order valence-corrected chi connectivity index (χ2v) is 5.57. The molecule has 0 aliphatic carbocycles. The van der Waals surface area contributed by atoms with E-state index >= 15 is 0 Å². The molecule has 2 unspecified atom stereocenters. The zero-order valence-corrected chi connectivity index (χ0v) is 12.9. The number of aryl methyl sites for hydroxylation is 1. The van der Waals surface area contributed by atoms with Crippen LogP contribution in [0.2, 0.25) is 0 Å². The number of hydrogen-bond donors (Lipinski definition) is 1. The van der Waals surface area contributed by atoms with Gasteiger partial charge in [-0.1, -0.05) is 19.1 Å². The first-order valence-corrected chi connectivity index (χ1v) is 7.75. The van der Waals surface area contributed by atoms with Crippen molar-refractivity contribution in [1.82, 2.24) is 5.32 Å². The topological polar surface area (TPSA) is 30.5 Å². The molecular weight excluding hydrogens is 250 g/mol. The fourth-order valence-corrected chi connectivity index (χ4v) is 2.89. The van der Waals surface area contributed by atoms with Gasteiger partial charge < -0.3 is 14.8 Å². The molecular formula is C17H27NO2. The van der Waals surface area contributed by atoms with Gasteiger partial charge in [-0.2, -0.15) is 0 Å². The Morgan fingerprint density at radius 3 is 2.85 bits per heavy atom. The molecule has 0 saturated carbocycles. The lowest BCUT2D eigenvalue weighted by Gasteiger charge is -2.32. The second-order valence-electron chi connectivity index (χ2n) is 5.57. The van der Waals surface area contributed by atoms with E-state index in [1.807, 2.05) is 0 Å². The summed E-state index contributed by atoms with van der Waals surface area (Å²) in [4.78, 5) is 0. The summed E-state index contributed by atoms with van der Waals surface area (Å²) in [5.74, 6) is 0.951. The van der Waals surface area contributed by atoms with Crippen molar-refractivity contribution in [3.63, 3.8) is 0 Å². The fraction of sp³-hybridized carbons (Fsp3) is 0.647. The summed E-state index contributed by atoms with van der Waals surface area (Å²) >= 11 is 0. The molecule has 1 aliphatic heterocycles.